The number of amides is 1. The summed E-state index contributed by atoms with van der Waals surface area (Å²) in [5, 5.41) is 2.74. The Morgan fingerprint density at radius 1 is 0.962 bits per heavy atom. The van der Waals surface area contributed by atoms with Crippen molar-refractivity contribution in [3.8, 4) is 5.75 Å². The van der Waals surface area contributed by atoms with E-state index in [0.717, 1.165) is 0 Å². The highest BCUT2D eigenvalue weighted by atomic mass is 16.5. The predicted molar refractivity (Wildman–Crippen MR) is 97.2 cm³/mol. The van der Waals surface area contributed by atoms with Crippen LogP contribution in [0, 0.1) is 0 Å². The van der Waals surface area contributed by atoms with Gasteiger partial charge >= 0.3 is 5.97 Å². The van der Waals surface area contributed by atoms with Crippen molar-refractivity contribution >= 4 is 23.3 Å². The Hall–Kier alpha value is -3.15. The van der Waals surface area contributed by atoms with E-state index in [-0.39, 0.29) is 31.1 Å². The first-order chi connectivity index (χ1) is 12.6. The number of carbonyl (C=O) groups excluding carboxylic acids is 3. The maximum atomic E-state index is 12.0. The van der Waals surface area contributed by atoms with Crippen LogP contribution in [-0.4, -0.2) is 31.4 Å². The van der Waals surface area contributed by atoms with Crippen molar-refractivity contribution in [3.05, 3.63) is 60.2 Å². The monoisotopic (exact) mass is 355 g/mol. The number of carbonyl (C=O) groups is 3. The van der Waals surface area contributed by atoms with Gasteiger partial charge in [-0.25, -0.2) is 0 Å². The zero-order valence-electron chi connectivity index (χ0n) is 14.6. The molecule has 0 spiro atoms. The van der Waals surface area contributed by atoms with Crippen molar-refractivity contribution in [3.63, 3.8) is 0 Å². The molecule has 0 aliphatic heterocycles. The Morgan fingerprint density at radius 3 is 2.46 bits per heavy atom. The average molecular weight is 355 g/mol. The Kier molecular flexibility index (Phi) is 7.36. The van der Waals surface area contributed by atoms with Crippen LogP contribution in [0.25, 0.3) is 0 Å². The maximum absolute atomic E-state index is 12.0. The molecule has 0 unspecified atom stereocenters. The Morgan fingerprint density at radius 2 is 1.73 bits per heavy atom. The molecule has 1 amide bonds. The standard InChI is InChI=1S/C20H21NO5/c1-25-17-10-5-7-15(13-17)18(22)14-26-20(24)12-6-11-19(23)21-16-8-3-2-4-9-16/h2-5,7-10,13H,6,11-12,14H2,1H3,(H,21,23). The van der Waals surface area contributed by atoms with E-state index in [0.29, 0.717) is 23.4 Å². The topological polar surface area (TPSA) is 81.7 Å². The summed E-state index contributed by atoms with van der Waals surface area (Å²) in [5.74, 6) is -0.420. The second-order valence-electron chi connectivity index (χ2n) is 5.58. The van der Waals surface area contributed by atoms with Gasteiger partial charge in [-0.3, -0.25) is 14.4 Å². The van der Waals surface area contributed by atoms with Gasteiger partial charge in [0.1, 0.15) is 5.75 Å². The molecule has 2 rings (SSSR count). The van der Waals surface area contributed by atoms with E-state index >= 15 is 0 Å². The molecule has 136 valence electrons. The van der Waals surface area contributed by atoms with Gasteiger partial charge in [0.25, 0.3) is 0 Å². The van der Waals surface area contributed by atoms with E-state index in [1.807, 2.05) is 18.2 Å². The van der Waals surface area contributed by atoms with E-state index in [1.54, 1.807) is 36.4 Å². The lowest BCUT2D eigenvalue weighted by Crippen LogP contribution is -2.15. The van der Waals surface area contributed by atoms with Crippen molar-refractivity contribution in [2.24, 2.45) is 0 Å². The molecule has 0 heterocycles. The largest absolute Gasteiger partial charge is 0.497 e. The first-order valence-corrected chi connectivity index (χ1v) is 8.26. The van der Waals surface area contributed by atoms with Gasteiger partial charge in [0.2, 0.25) is 5.91 Å². The second-order valence-corrected chi connectivity index (χ2v) is 5.58. The maximum Gasteiger partial charge on any atom is 0.306 e. The van der Waals surface area contributed by atoms with Crippen LogP contribution < -0.4 is 10.1 Å². The number of nitrogens with one attached hydrogen (secondary N) is 1. The molecule has 0 radical (unpaired) electrons. The molecule has 2 aromatic rings. The fraction of sp³-hybridized carbons (Fsp3) is 0.250. The summed E-state index contributed by atoms with van der Waals surface area (Å²) in [4.78, 5) is 35.5. The molecule has 6 heteroatoms. The minimum Gasteiger partial charge on any atom is -0.497 e. The zero-order chi connectivity index (χ0) is 18.8. The summed E-state index contributed by atoms with van der Waals surface area (Å²) in [6, 6.07) is 15.7. The molecule has 2 aromatic carbocycles. The van der Waals surface area contributed by atoms with Crippen LogP contribution >= 0.6 is 0 Å². The fourth-order valence-electron chi connectivity index (χ4n) is 2.24. The van der Waals surface area contributed by atoms with Crippen LogP contribution in [0.2, 0.25) is 0 Å². The SMILES string of the molecule is COc1cccc(C(=O)COC(=O)CCCC(=O)Nc2ccccc2)c1. The molecule has 0 saturated heterocycles. The van der Waals surface area contributed by atoms with E-state index in [1.165, 1.54) is 7.11 Å². The van der Waals surface area contributed by atoms with Gasteiger partial charge in [-0.2, -0.15) is 0 Å². The summed E-state index contributed by atoms with van der Waals surface area (Å²) in [5.41, 5.74) is 1.13. The number of hydrogen-bond donors (Lipinski definition) is 1. The van der Waals surface area contributed by atoms with Gasteiger partial charge in [0.05, 0.1) is 7.11 Å². The van der Waals surface area contributed by atoms with Gasteiger partial charge in [0.15, 0.2) is 12.4 Å². The average Bonchev–Trinajstić information content (AvgIpc) is 2.67. The number of hydrogen-bond acceptors (Lipinski definition) is 5. The van der Waals surface area contributed by atoms with E-state index in [9.17, 15) is 14.4 Å². The van der Waals surface area contributed by atoms with Gasteiger partial charge in [0, 0.05) is 24.1 Å². The highest BCUT2D eigenvalue weighted by Crippen LogP contribution is 2.13. The van der Waals surface area contributed by atoms with Crippen molar-refractivity contribution < 1.29 is 23.9 Å². The van der Waals surface area contributed by atoms with Crippen LogP contribution in [0.4, 0.5) is 5.69 Å². The van der Waals surface area contributed by atoms with E-state index in [4.69, 9.17) is 9.47 Å². The first kappa shape index (κ1) is 19.2. The normalized spacial score (nSPS) is 10.0. The number of benzene rings is 2. The lowest BCUT2D eigenvalue weighted by Gasteiger charge is -2.06. The number of esters is 1. The Bertz CT molecular complexity index is 758. The number of rotatable bonds is 9. The molecule has 0 aliphatic rings. The minimum absolute atomic E-state index is 0.0770. The molecule has 0 aromatic heterocycles. The van der Waals surface area contributed by atoms with E-state index in [2.05, 4.69) is 5.32 Å². The number of methoxy groups -OCH3 is 1. The second kappa shape index (κ2) is 9.98. The molecule has 26 heavy (non-hydrogen) atoms. The van der Waals surface area contributed by atoms with E-state index < -0.39 is 5.97 Å². The number of Topliss-reactive ketones (excluding diaryl/α,β-unsaturated/α-hetero) is 1. The number of anilines is 1. The predicted octanol–water partition coefficient (Wildman–Crippen LogP) is 3.23. The lowest BCUT2D eigenvalue weighted by atomic mass is 10.1. The third-order valence-electron chi connectivity index (χ3n) is 3.60. The first-order valence-electron chi connectivity index (χ1n) is 8.26. The summed E-state index contributed by atoms with van der Waals surface area (Å²) < 4.78 is 10.0. The van der Waals surface area contributed by atoms with Gasteiger partial charge in [-0.1, -0.05) is 30.3 Å². The van der Waals surface area contributed by atoms with Gasteiger partial charge in [-0.05, 0) is 30.7 Å². The molecular formula is C20H21NO5. The molecular weight excluding hydrogens is 334 g/mol. The highest BCUT2D eigenvalue weighted by molar-refractivity contribution is 5.98. The van der Waals surface area contributed by atoms with Crippen molar-refractivity contribution in [2.75, 3.05) is 19.0 Å². The Balaban J connectivity index is 1.67. The van der Waals surface area contributed by atoms with Gasteiger partial charge in [-0.15, -0.1) is 0 Å². The van der Waals surface area contributed by atoms with Crippen LogP contribution in [0.15, 0.2) is 54.6 Å². The summed E-state index contributed by atoms with van der Waals surface area (Å²) in [6.45, 7) is -0.331. The van der Waals surface area contributed by atoms with Crippen molar-refractivity contribution in [2.45, 2.75) is 19.3 Å². The van der Waals surface area contributed by atoms with Crippen LogP contribution in [0.1, 0.15) is 29.6 Å². The number of ketones is 1. The fourth-order valence-corrected chi connectivity index (χ4v) is 2.24. The van der Waals surface area contributed by atoms with Crippen LogP contribution in [0.3, 0.4) is 0 Å². The van der Waals surface area contributed by atoms with Crippen LogP contribution in [0.5, 0.6) is 5.75 Å². The van der Waals surface area contributed by atoms with Crippen LogP contribution in [-0.2, 0) is 14.3 Å². The van der Waals surface area contributed by atoms with Crippen molar-refractivity contribution in [1.82, 2.24) is 0 Å². The quantitative estimate of drug-likeness (QED) is 0.552. The smallest absolute Gasteiger partial charge is 0.306 e. The third kappa shape index (κ3) is 6.39. The Labute approximate surface area is 152 Å². The highest BCUT2D eigenvalue weighted by Gasteiger charge is 2.11. The van der Waals surface area contributed by atoms with Crippen molar-refractivity contribution in [1.29, 1.82) is 0 Å². The molecule has 0 saturated carbocycles. The molecule has 0 aliphatic carbocycles. The van der Waals surface area contributed by atoms with Gasteiger partial charge < -0.3 is 14.8 Å². The molecule has 0 atom stereocenters. The number of para-hydroxylation sites is 1. The molecule has 1 N–H and O–H groups in total. The lowest BCUT2D eigenvalue weighted by molar-refractivity contribution is -0.142. The third-order valence-corrected chi connectivity index (χ3v) is 3.60. The minimum atomic E-state index is -0.506. The summed E-state index contributed by atoms with van der Waals surface area (Å²) >= 11 is 0. The summed E-state index contributed by atoms with van der Waals surface area (Å²) in [7, 11) is 1.51. The zero-order valence-corrected chi connectivity index (χ0v) is 14.6. The summed E-state index contributed by atoms with van der Waals surface area (Å²) in [6.07, 6.45) is 0.631. The molecule has 0 bridgehead atoms. The molecule has 6 nitrogen and oxygen atoms in total. The molecule has 0 fully saturated rings. The number of ether oxygens (including phenoxy) is 2.